The van der Waals surface area contributed by atoms with Crippen molar-refractivity contribution in [1.82, 2.24) is 0 Å². The normalized spacial score (nSPS) is 27.7. The zero-order chi connectivity index (χ0) is 9.03. The number of azide groups is 1. The van der Waals surface area contributed by atoms with Gasteiger partial charge >= 0.3 is 0 Å². The van der Waals surface area contributed by atoms with Crippen molar-refractivity contribution >= 4 is 0 Å². The first-order valence-corrected chi connectivity index (χ1v) is 4.05. The number of rotatable bonds is 2. The van der Waals surface area contributed by atoms with E-state index >= 15 is 0 Å². The van der Waals surface area contributed by atoms with Crippen LogP contribution in [0.15, 0.2) is 5.11 Å². The fourth-order valence-corrected chi connectivity index (χ4v) is 1.53. The molecular weight excluding hydrogens is 164 g/mol. The first kappa shape index (κ1) is 9.26. The van der Waals surface area contributed by atoms with Gasteiger partial charge in [-0.15, -0.1) is 0 Å². The highest BCUT2D eigenvalue weighted by Crippen LogP contribution is 2.38. The molecule has 0 unspecified atom stereocenters. The summed E-state index contributed by atoms with van der Waals surface area (Å²) in [6.45, 7) is -0.0660. The van der Waals surface area contributed by atoms with Crippen LogP contribution in [0.3, 0.4) is 0 Å². The van der Waals surface area contributed by atoms with Gasteiger partial charge in [-0.2, -0.15) is 0 Å². The molecule has 0 aromatic rings. The molecule has 0 spiro atoms. The smallest absolute Gasteiger partial charge is 0.207 e. The quantitative estimate of drug-likeness (QED) is 0.351. The minimum atomic E-state index is -2.62. The van der Waals surface area contributed by atoms with Gasteiger partial charge < -0.3 is 0 Å². The summed E-state index contributed by atoms with van der Waals surface area (Å²) in [5.74, 6) is -3.35. The highest BCUT2D eigenvalue weighted by Gasteiger charge is 2.40. The third-order valence-corrected chi connectivity index (χ3v) is 2.28. The molecular formula is C7H11F2N3. The standard InChI is InChI=1S/C7H11F2N3/c8-7(9)4-2-1-3-6(7)5-11-12-10/h6H,1-5H2/t6-/m0/s1. The Morgan fingerprint density at radius 1 is 1.50 bits per heavy atom. The van der Waals surface area contributed by atoms with E-state index in [0.29, 0.717) is 12.8 Å². The highest BCUT2D eigenvalue weighted by molar-refractivity contribution is 4.83. The Morgan fingerprint density at radius 3 is 2.83 bits per heavy atom. The Balaban J connectivity index is 2.53. The van der Waals surface area contributed by atoms with Crippen LogP contribution in [0, 0.1) is 5.92 Å². The molecule has 1 atom stereocenters. The molecule has 0 aromatic carbocycles. The predicted molar refractivity (Wildman–Crippen MR) is 40.9 cm³/mol. The van der Waals surface area contributed by atoms with Crippen LogP contribution in [0.2, 0.25) is 0 Å². The van der Waals surface area contributed by atoms with Crippen LogP contribution in [-0.2, 0) is 0 Å². The van der Waals surface area contributed by atoms with E-state index in [-0.39, 0.29) is 13.0 Å². The molecule has 5 heteroatoms. The van der Waals surface area contributed by atoms with Crippen LogP contribution in [0.1, 0.15) is 25.7 Å². The van der Waals surface area contributed by atoms with E-state index < -0.39 is 11.8 Å². The van der Waals surface area contributed by atoms with Gasteiger partial charge in [-0.1, -0.05) is 11.5 Å². The van der Waals surface area contributed by atoms with Gasteiger partial charge in [-0.05, 0) is 18.4 Å². The van der Waals surface area contributed by atoms with Crippen molar-refractivity contribution in [2.75, 3.05) is 6.54 Å². The molecule has 0 saturated heterocycles. The maximum absolute atomic E-state index is 13.0. The minimum absolute atomic E-state index is 0.0569. The lowest BCUT2D eigenvalue weighted by molar-refractivity contribution is -0.0816. The van der Waals surface area contributed by atoms with E-state index in [0.717, 1.165) is 6.42 Å². The monoisotopic (exact) mass is 175 g/mol. The fourth-order valence-electron chi connectivity index (χ4n) is 1.53. The van der Waals surface area contributed by atoms with E-state index in [1.54, 1.807) is 0 Å². The van der Waals surface area contributed by atoms with Crippen LogP contribution >= 0.6 is 0 Å². The lowest BCUT2D eigenvalue weighted by Gasteiger charge is -2.29. The van der Waals surface area contributed by atoms with Crippen molar-refractivity contribution < 1.29 is 8.78 Å². The molecule has 3 nitrogen and oxygen atoms in total. The van der Waals surface area contributed by atoms with Crippen molar-refractivity contribution in [2.45, 2.75) is 31.6 Å². The molecule has 0 aliphatic heterocycles. The van der Waals surface area contributed by atoms with E-state index in [1.807, 2.05) is 0 Å². The Labute approximate surface area is 69.4 Å². The lowest BCUT2D eigenvalue weighted by atomic mass is 9.86. The SMILES string of the molecule is [N-]=[N+]=NC[C@@H]1CCCCC1(F)F. The summed E-state index contributed by atoms with van der Waals surface area (Å²) in [5, 5.41) is 3.19. The summed E-state index contributed by atoms with van der Waals surface area (Å²) in [4.78, 5) is 2.49. The van der Waals surface area contributed by atoms with Crippen LogP contribution in [-0.4, -0.2) is 12.5 Å². The maximum atomic E-state index is 13.0. The molecule has 1 aliphatic carbocycles. The Morgan fingerprint density at radius 2 is 2.25 bits per heavy atom. The van der Waals surface area contributed by atoms with Crippen molar-refractivity contribution in [3.8, 4) is 0 Å². The van der Waals surface area contributed by atoms with Gasteiger partial charge in [0.15, 0.2) is 0 Å². The molecule has 0 bridgehead atoms. The summed E-state index contributed by atoms with van der Waals surface area (Å²) in [6, 6.07) is 0. The van der Waals surface area contributed by atoms with Gasteiger partial charge in [0.25, 0.3) is 5.92 Å². The molecule has 0 heterocycles. The van der Waals surface area contributed by atoms with Gasteiger partial charge in [-0.3, -0.25) is 0 Å². The first-order chi connectivity index (χ1) is 5.67. The van der Waals surface area contributed by atoms with E-state index in [9.17, 15) is 8.78 Å². The maximum Gasteiger partial charge on any atom is 0.251 e. The second kappa shape index (κ2) is 3.72. The van der Waals surface area contributed by atoms with Crippen LogP contribution in [0.5, 0.6) is 0 Å². The van der Waals surface area contributed by atoms with Gasteiger partial charge in [0.05, 0.1) is 0 Å². The summed E-state index contributed by atoms with van der Waals surface area (Å²) >= 11 is 0. The number of nitrogens with zero attached hydrogens (tertiary/aromatic N) is 3. The Bertz CT molecular complexity index is 199. The van der Waals surface area contributed by atoms with Gasteiger partial charge in [-0.25, -0.2) is 8.78 Å². The summed E-state index contributed by atoms with van der Waals surface area (Å²) < 4.78 is 26.0. The van der Waals surface area contributed by atoms with Crippen LogP contribution in [0.4, 0.5) is 8.78 Å². The van der Waals surface area contributed by atoms with E-state index in [4.69, 9.17) is 5.53 Å². The number of halogens is 2. The molecule has 1 rings (SSSR count). The number of hydrogen-bond donors (Lipinski definition) is 0. The minimum Gasteiger partial charge on any atom is -0.207 e. The second-order valence-electron chi connectivity index (χ2n) is 3.12. The molecule has 68 valence electrons. The Hall–Kier alpha value is -0.830. The van der Waals surface area contributed by atoms with Gasteiger partial charge in [0.2, 0.25) is 0 Å². The van der Waals surface area contributed by atoms with Crippen LogP contribution < -0.4 is 0 Å². The summed E-state index contributed by atoms with van der Waals surface area (Å²) in [6.07, 6.45) is 1.83. The summed E-state index contributed by atoms with van der Waals surface area (Å²) in [5.41, 5.74) is 7.98. The van der Waals surface area contributed by atoms with Crippen molar-refractivity contribution in [3.63, 3.8) is 0 Å². The fraction of sp³-hybridized carbons (Fsp3) is 1.00. The van der Waals surface area contributed by atoms with Gasteiger partial charge in [0, 0.05) is 23.8 Å². The highest BCUT2D eigenvalue weighted by atomic mass is 19.3. The molecule has 0 radical (unpaired) electrons. The molecule has 1 saturated carbocycles. The molecule has 0 N–H and O–H groups in total. The first-order valence-electron chi connectivity index (χ1n) is 4.05. The third kappa shape index (κ3) is 2.08. The largest absolute Gasteiger partial charge is 0.251 e. The zero-order valence-electron chi connectivity index (χ0n) is 6.71. The van der Waals surface area contributed by atoms with Crippen molar-refractivity contribution in [1.29, 1.82) is 0 Å². The third-order valence-electron chi connectivity index (χ3n) is 2.28. The zero-order valence-corrected chi connectivity index (χ0v) is 6.71. The Kier molecular flexibility index (Phi) is 2.87. The number of hydrogen-bond acceptors (Lipinski definition) is 1. The average molecular weight is 175 g/mol. The predicted octanol–water partition coefficient (Wildman–Crippen LogP) is 3.12. The second-order valence-corrected chi connectivity index (χ2v) is 3.12. The van der Waals surface area contributed by atoms with E-state index in [1.165, 1.54) is 0 Å². The van der Waals surface area contributed by atoms with Crippen molar-refractivity contribution in [2.24, 2.45) is 11.0 Å². The van der Waals surface area contributed by atoms with Crippen molar-refractivity contribution in [3.05, 3.63) is 10.4 Å². The molecule has 0 amide bonds. The topological polar surface area (TPSA) is 48.8 Å². The molecule has 12 heavy (non-hydrogen) atoms. The lowest BCUT2D eigenvalue weighted by Crippen LogP contribution is -2.33. The molecule has 0 aromatic heterocycles. The van der Waals surface area contributed by atoms with E-state index in [2.05, 4.69) is 10.0 Å². The average Bonchev–Trinajstić information content (AvgIpc) is 2.02. The summed E-state index contributed by atoms with van der Waals surface area (Å²) in [7, 11) is 0. The van der Waals surface area contributed by atoms with Crippen LogP contribution in [0.25, 0.3) is 10.4 Å². The molecule has 1 fully saturated rings. The number of alkyl halides is 2. The van der Waals surface area contributed by atoms with Gasteiger partial charge in [0.1, 0.15) is 0 Å². The molecule has 1 aliphatic rings.